The van der Waals surface area contributed by atoms with Crippen LogP contribution in [0.2, 0.25) is 0 Å². The molecule has 1 aliphatic carbocycles. The van der Waals surface area contributed by atoms with Crippen LogP contribution in [0.4, 0.5) is 0 Å². The summed E-state index contributed by atoms with van der Waals surface area (Å²) in [6, 6.07) is 7.57. The molecule has 3 rings (SSSR count). The van der Waals surface area contributed by atoms with Gasteiger partial charge in [-0.3, -0.25) is 4.79 Å². The van der Waals surface area contributed by atoms with E-state index in [2.05, 4.69) is 4.72 Å². The molecule has 0 aromatic heterocycles. The second kappa shape index (κ2) is 7.87. The molecule has 1 heterocycles. The first-order valence-electron chi connectivity index (χ1n) is 9.25. The molecule has 5 nitrogen and oxygen atoms in total. The standard InChI is InChI=1S/C19H28N2O3S/c1-25(23,24)20-12-10-15-6-8-17(9-7-15)19(22)21-13-11-16-4-2-3-5-18(16)14-21/h6-9,16,18,20H,2-5,10-14H2,1H3/t16-,18+/m1/s1. The van der Waals surface area contributed by atoms with E-state index in [-0.39, 0.29) is 5.91 Å². The number of hydrogen-bond donors (Lipinski definition) is 1. The zero-order valence-electron chi connectivity index (χ0n) is 14.9. The first-order chi connectivity index (χ1) is 11.9. The van der Waals surface area contributed by atoms with Crippen molar-refractivity contribution in [2.24, 2.45) is 11.8 Å². The maximum atomic E-state index is 12.8. The molecule has 0 unspecified atom stereocenters. The molecule has 2 atom stereocenters. The third-order valence-corrected chi connectivity index (χ3v) is 6.29. The summed E-state index contributed by atoms with van der Waals surface area (Å²) in [6.07, 6.45) is 8.18. The summed E-state index contributed by atoms with van der Waals surface area (Å²) < 4.78 is 24.6. The number of hydrogen-bond acceptors (Lipinski definition) is 3. The second-order valence-electron chi connectivity index (χ2n) is 7.46. The number of nitrogens with one attached hydrogen (secondary N) is 1. The van der Waals surface area contributed by atoms with E-state index in [0.717, 1.165) is 42.8 Å². The molecule has 25 heavy (non-hydrogen) atoms. The Morgan fingerprint density at radius 3 is 2.48 bits per heavy atom. The SMILES string of the molecule is CS(=O)(=O)NCCc1ccc(C(=O)N2CC[C@H]3CCCC[C@H]3C2)cc1. The molecule has 0 radical (unpaired) electrons. The topological polar surface area (TPSA) is 66.5 Å². The number of nitrogens with zero attached hydrogens (tertiary/aromatic N) is 1. The molecule has 2 aliphatic rings. The Labute approximate surface area is 150 Å². The first-order valence-corrected chi connectivity index (χ1v) is 11.1. The maximum Gasteiger partial charge on any atom is 0.253 e. The van der Waals surface area contributed by atoms with Crippen molar-refractivity contribution >= 4 is 15.9 Å². The van der Waals surface area contributed by atoms with Crippen molar-refractivity contribution in [1.29, 1.82) is 0 Å². The van der Waals surface area contributed by atoms with E-state index < -0.39 is 10.0 Å². The van der Waals surface area contributed by atoms with Crippen LogP contribution in [0.25, 0.3) is 0 Å². The van der Waals surface area contributed by atoms with Gasteiger partial charge in [0, 0.05) is 25.2 Å². The number of likely N-dealkylation sites (tertiary alicyclic amines) is 1. The van der Waals surface area contributed by atoms with Gasteiger partial charge in [-0.1, -0.05) is 31.4 Å². The van der Waals surface area contributed by atoms with Gasteiger partial charge in [-0.05, 0) is 48.8 Å². The quantitative estimate of drug-likeness (QED) is 0.873. The Hall–Kier alpha value is -1.40. The highest BCUT2D eigenvalue weighted by Crippen LogP contribution is 2.36. The van der Waals surface area contributed by atoms with E-state index in [4.69, 9.17) is 0 Å². The molecular weight excluding hydrogens is 336 g/mol. The van der Waals surface area contributed by atoms with Crippen molar-refractivity contribution in [1.82, 2.24) is 9.62 Å². The Morgan fingerprint density at radius 1 is 1.12 bits per heavy atom. The Kier molecular flexibility index (Phi) is 5.79. The van der Waals surface area contributed by atoms with Crippen molar-refractivity contribution < 1.29 is 13.2 Å². The minimum atomic E-state index is -3.15. The lowest BCUT2D eigenvalue weighted by Crippen LogP contribution is -2.44. The molecule has 0 bridgehead atoms. The lowest BCUT2D eigenvalue weighted by atomic mass is 9.75. The summed E-state index contributed by atoms with van der Waals surface area (Å²) in [5, 5.41) is 0. The van der Waals surface area contributed by atoms with Gasteiger partial charge >= 0.3 is 0 Å². The third kappa shape index (κ3) is 5.05. The normalized spacial score (nSPS) is 24.0. The molecule has 6 heteroatoms. The van der Waals surface area contributed by atoms with Gasteiger partial charge < -0.3 is 4.90 Å². The first kappa shape index (κ1) is 18.4. The van der Waals surface area contributed by atoms with Gasteiger partial charge in [0.15, 0.2) is 0 Å². The van der Waals surface area contributed by atoms with Crippen LogP contribution in [0.3, 0.4) is 0 Å². The summed E-state index contributed by atoms with van der Waals surface area (Å²) in [5.41, 5.74) is 1.76. The number of carbonyl (C=O) groups is 1. The number of benzene rings is 1. The van der Waals surface area contributed by atoms with Crippen LogP contribution < -0.4 is 4.72 Å². The summed E-state index contributed by atoms with van der Waals surface area (Å²) >= 11 is 0. The molecular formula is C19H28N2O3S. The fourth-order valence-corrected chi connectivity index (χ4v) is 4.64. The average Bonchev–Trinajstić information content (AvgIpc) is 2.60. The van der Waals surface area contributed by atoms with Crippen LogP contribution in [-0.2, 0) is 16.4 Å². The maximum absolute atomic E-state index is 12.8. The van der Waals surface area contributed by atoms with Gasteiger partial charge in [0.05, 0.1) is 6.26 Å². The fourth-order valence-electron chi connectivity index (χ4n) is 4.16. The van der Waals surface area contributed by atoms with Crippen LogP contribution >= 0.6 is 0 Å². The van der Waals surface area contributed by atoms with Crippen LogP contribution in [-0.4, -0.2) is 45.1 Å². The lowest BCUT2D eigenvalue weighted by Gasteiger charge is -2.41. The second-order valence-corrected chi connectivity index (χ2v) is 9.29. The number of carbonyl (C=O) groups excluding carboxylic acids is 1. The van der Waals surface area contributed by atoms with Crippen LogP contribution in [0.5, 0.6) is 0 Å². The van der Waals surface area contributed by atoms with E-state index in [1.807, 2.05) is 29.2 Å². The van der Waals surface area contributed by atoms with Crippen molar-refractivity contribution in [2.45, 2.75) is 38.5 Å². The summed E-state index contributed by atoms with van der Waals surface area (Å²) in [6.45, 7) is 2.16. The van der Waals surface area contributed by atoms with E-state index in [1.54, 1.807) is 0 Å². The molecule has 138 valence electrons. The summed E-state index contributed by atoms with van der Waals surface area (Å²) in [5.74, 6) is 1.64. The molecule has 1 aromatic carbocycles. The average molecular weight is 365 g/mol. The van der Waals surface area contributed by atoms with Gasteiger partial charge in [0.1, 0.15) is 0 Å². The smallest absolute Gasteiger partial charge is 0.253 e. The third-order valence-electron chi connectivity index (χ3n) is 5.56. The monoisotopic (exact) mass is 364 g/mol. The highest BCUT2D eigenvalue weighted by Gasteiger charge is 2.33. The van der Waals surface area contributed by atoms with E-state index in [9.17, 15) is 13.2 Å². The Morgan fingerprint density at radius 2 is 1.80 bits per heavy atom. The Bertz CT molecular complexity index is 700. The van der Waals surface area contributed by atoms with Crippen LogP contribution in [0.1, 0.15) is 48.0 Å². The van der Waals surface area contributed by atoms with Crippen molar-refractivity contribution in [3.8, 4) is 0 Å². The zero-order chi connectivity index (χ0) is 17.9. The van der Waals surface area contributed by atoms with Crippen molar-refractivity contribution in [2.75, 3.05) is 25.9 Å². The number of fused-ring (bicyclic) bond motifs is 1. The Balaban J connectivity index is 1.55. The molecule has 1 aliphatic heterocycles. The highest BCUT2D eigenvalue weighted by molar-refractivity contribution is 7.88. The van der Waals surface area contributed by atoms with Crippen LogP contribution in [0, 0.1) is 11.8 Å². The van der Waals surface area contributed by atoms with Gasteiger partial charge in [0.25, 0.3) is 5.91 Å². The number of sulfonamides is 1. The van der Waals surface area contributed by atoms with Gasteiger partial charge in [-0.15, -0.1) is 0 Å². The number of piperidine rings is 1. The molecule has 1 saturated carbocycles. The lowest BCUT2D eigenvalue weighted by molar-refractivity contribution is 0.0521. The van der Waals surface area contributed by atoms with Crippen molar-refractivity contribution in [3.63, 3.8) is 0 Å². The fraction of sp³-hybridized carbons (Fsp3) is 0.632. The predicted octanol–water partition coefficient (Wildman–Crippen LogP) is 2.43. The summed E-state index contributed by atoms with van der Waals surface area (Å²) in [4.78, 5) is 14.8. The molecule has 1 aromatic rings. The molecule has 1 N–H and O–H groups in total. The number of rotatable bonds is 5. The minimum absolute atomic E-state index is 0.129. The molecule has 1 saturated heterocycles. The highest BCUT2D eigenvalue weighted by atomic mass is 32.2. The van der Waals surface area contributed by atoms with E-state index in [1.165, 1.54) is 25.7 Å². The largest absolute Gasteiger partial charge is 0.338 e. The predicted molar refractivity (Wildman–Crippen MR) is 99.0 cm³/mol. The minimum Gasteiger partial charge on any atom is -0.338 e. The van der Waals surface area contributed by atoms with E-state index >= 15 is 0 Å². The molecule has 2 fully saturated rings. The van der Waals surface area contributed by atoms with Gasteiger partial charge in [0.2, 0.25) is 10.0 Å². The van der Waals surface area contributed by atoms with E-state index in [0.29, 0.717) is 18.9 Å². The molecule has 0 spiro atoms. The van der Waals surface area contributed by atoms with Gasteiger partial charge in [-0.2, -0.15) is 0 Å². The number of amides is 1. The van der Waals surface area contributed by atoms with Crippen LogP contribution in [0.15, 0.2) is 24.3 Å². The van der Waals surface area contributed by atoms with Crippen molar-refractivity contribution in [3.05, 3.63) is 35.4 Å². The molecule has 1 amide bonds. The summed E-state index contributed by atoms with van der Waals surface area (Å²) in [7, 11) is -3.15. The zero-order valence-corrected chi connectivity index (χ0v) is 15.7. The van der Waals surface area contributed by atoms with Gasteiger partial charge in [-0.25, -0.2) is 13.1 Å².